The summed E-state index contributed by atoms with van der Waals surface area (Å²) in [6.45, 7) is 6.68. The second-order valence-electron chi connectivity index (χ2n) is 25.2. The van der Waals surface area contributed by atoms with Crippen molar-refractivity contribution in [2.75, 3.05) is 13.2 Å². The van der Waals surface area contributed by atoms with Crippen LogP contribution in [0.5, 0.6) is 0 Å². The van der Waals surface area contributed by atoms with Gasteiger partial charge in [0, 0.05) is 19.3 Å². The van der Waals surface area contributed by atoms with E-state index < -0.39 is 6.10 Å². The van der Waals surface area contributed by atoms with Crippen molar-refractivity contribution in [3.8, 4) is 0 Å². The average molecular weight is 1150 g/mol. The third-order valence-corrected chi connectivity index (χ3v) is 16.9. The summed E-state index contributed by atoms with van der Waals surface area (Å²) in [5.74, 6) is -0.846. The van der Waals surface area contributed by atoms with Crippen molar-refractivity contribution in [3.05, 3.63) is 36.5 Å². The molecule has 0 heterocycles. The molecule has 0 radical (unpaired) electrons. The number of rotatable bonds is 69. The number of unbranched alkanes of at least 4 members (excludes halogenated alkanes) is 52. The monoisotopic (exact) mass is 1150 g/mol. The van der Waals surface area contributed by atoms with Gasteiger partial charge < -0.3 is 14.2 Å². The second kappa shape index (κ2) is 71.1. The molecule has 6 nitrogen and oxygen atoms in total. The Labute approximate surface area is 512 Å². The van der Waals surface area contributed by atoms with Crippen LogP contribution in [-0.4, -0.2) is 37.2 Å². The fraction of sp³-hybridized carbons (Fsp3) is 0.882. The van der Waals surface area contributed by atoms with Crippen molar-refractivity contribution in [3.63, 3.8) is 0 Å². The third kappa shape index (κ3) is 68.4. The molecule has 0 aliphatic carbocycles. The summed E-state index contributed by atoms with van der Waals surface area (Å²) < 4.78 is 17.0. The van der Waals surface area contributed by atoms with Gasteiger partial charge in [-0.2, -0.15) is 0 Å². The molecule has 1 unspecified atom stereocenters. The normalized spacial score (nSPS) is 12.2. The van der Waals surface area contributed by atoms with Crippen LogP contribution in [0.3, 0.4) is 0 Å². The molecule has 1 atom stereocenters. The molecular formula is C76H142O6. The standard InChI is InChI=1S/C76H142O6/c1-4-7-10-13-16-19-21-23-25-27-29-31-33-35-36-37-38-39-41-42-44-46-48-50-52-54-57-60-63-66-69-75(78)81-72-73(71-80-74(77)68-65-62-59-56-18-15-12-9-6-3)82-76(79)70-67-64-61-58-55-53-51-49-47-45-43-40-34-32-30-28-26-24-22-20-17-14-11-8-5-2/h22,24,28,30,34,40,73H,4-21,23,25-27,29,31-33,35-39,41-72H2,1-3H3/b24-22-,30-28-,40-34-. The van der Waals surface area contributed by atoms with E-state index in [0.717, 1.165) is 70.6 Å². The Morgan fingerprint density at radius 1 is 0.244 bits per heavy atom. The van der Waals surface area contributed by atoms with Gasteiger partial charge in [0.15, 0.2) is 6.10 Å². The summed E-state index contributed by atoms with van der Waals surface area (Å²) in [6.07, 6.45) is 89.2. The highest BCUT2D eigenvalue weighted by Gasteiger charge is 2.20. The molecule has 0 aliphatic heterocycles. The lowest BCUT2D eigenvalue weighted by molar-refractivity contribution is -0.167. The van der Waals surface area contributed by atoms with Gasteiger partial charge in [0.25, 0.3) is 0 Å². The van der Waals surface area contributed by atoms with Crippen LogP contribution in [0.25, 0.3) is 0 Å². The molecule has 0 fully saturated rings. The summed E-state index contributed by atoms with van der Waals surface area (Å²) in [6, 6.07) is 0. The number of carbonyl (C=O) groups is 3. The zero-order chi connectivity index (χ0) is 59.2. The highest BCUT2D eigenvalue weighted by Crippen LogP contribution is 2.19. The number of hydrogen-bond acceptors (Lipinski definition) is 6. The van der Waals surface area contributed by atoms with Crippen molar-refractivity contribution in [2.24, 2.45) is 0 Å². The van der Waals surface area contributed by atoms with E-state index in [1.165, 1.54) is 302 Å². The van der Waals surface area contributed by atoms with E-state index in [1.807, 2.05) is 0 Å². The predicted molar refractivity (Wildman–Crippen MR) is 358 cm³/mol. The van der Waals surface area contributed by atoms with Crippen LogP contribution in [0.2, 0.25) is 0 Å². The van der Waals surface area contributed by atoms with E-state index in [4.69, 9.17) is 14.2 Å². The Morgan fingerprint density at radius 2 is 0.439 bits per heavy atom. The van der Waals surface area contributed by atoms with Gasteiger partial charge in [0.1, 0.15) is 13.2 Å². The summed E-state index contributed by atoms with van der Waals surface area (Å²) in [7, 11) is 0. The lowest BCUT2D eigenvalue weighted by Gasteiger charge is -2.18. The summed E-state index contributed by atoms with van der Waals surface area (Å²) in [5, 5.41) is 0. The van der Waals surface area contributed by atoms with Crippen molar-refractivity contribution in [2.45, 2.75) is 419 Å². The molecule has 0 saturated carbocycles. The van der Waals surface area contributed by atoms with E-state index >= 15 is 0 Å². The zero-order valence-electron chi connectivity index (χ0n) is 55.5. The van der Waals surface area contributed by atoms with E-state index in [1.54, 1.807) is 0 Å². The van der Waals surface area contributed by atoms with Crippen molar-refractivity contribution in [1.29, 1.82) is 0 Å². The molecular weight excluding hydrogens is 1010 g/mol. The van der Waals surface area contributed by atoms with Gasteiger partial charge in [-0.1, -0.05) is 372 Å². The molecule has 0 aromatic rings. The average Bonchev–Trinajstić information content (AvgIpc) is 3.48. The first kappa shape index (κ1) is 79.6. The number of hydrogen-bond donors (Lipinski definition) is 0. The van der Waals surface area contributed by atoms with Crippen LogP contribution >= 0.6 is 0 Å². The minimum atomic E-state index is -0.771. The first-order valence-electron chi connectivity index (χ1n) is 37.0. The van der Waals surface area contributed by atoms with Gasteiger partial charge in [-0.3, -0.25) is 14.4 Å². The van der Waals surface area contributed by atoms with Crippen LogP contribution in [0.15, 0.2) is 36.5 Å². The molecule has 0 N–H and O–H groups in total. The first-order chi connectivity index (χ1) is 40.5. The van der Waals surface area contributed by atoms with Crippen LogP contribution in [-0.2, 0) is 28.6 Å². The fourth-order valence-electron chi connectivity index (χ4n) is 11.3. The van der Waals surface area contributed by atoms with Crippen molar-refractivity contribution >= 4 is 17.9 Å². The highest BCUT2D eigenvalue weighted by atomic mass is 16.6. The van der Waals surface area contributed by atoms with Gasteiger partial charge in [0.05, 0.1) is 0 Å². The Bertz CT molecular complexity index is 1370. The Hall–Kier alpha value is -2.37. The smallest absolute Gasteiger partial charge is 0.306 e. The minimum Gasteiger partial charge on any atom is -0.462 e. The minimum absolute atomic E-state index is 0.0680. The van der Waals surface area contributed by atoms with Crippen LogP contribution in [0.4, 0.5) is 0 Å². The van der Waals surface area contributed by atoms with E-state index in [0.29, 0.717) is 19.3 Å². The van der Waals surface area contributed by atoms with Gasteiger partial charge in [-0.05, 0) is 57.8 Å². The van der Waals surface area contributed by atoms with E-state index in [-0.39, 0.29) is 31.1 Å². The number of ether oxygens (including phenoxy) is 3. The van der Waals surface area contributed by atoms with Gasteiger partial charge >= 0.3 is 17.9 Å². The van der Waals surface area contributed by atoms with Crippen LogP contribution in [0.1, 0.15) is 412 Å². The first-order valence-corrected chi connectivity index (χ1v) is 37.0. The summed E-state index contributed by atoms with van der Waals surface area (Å²) >= 11 is 0. The Morgan fingerprint density at radius 3 is 0.683 bits per heavy atom. The SMILES string of the molecule is CCCCCCC/C=C\C/C=C\C/C=C\CCCCCCCCCCCCC(=O)OC(COC(=O)CCCCCCCCCCC)COC(=O)CCCCCCCCCCCCCCCCCCCCCCCCCCCCCCCC. The van der Waals surface area contributed by atoms with Crippen molar-refractivity contribution in [1.82, 2.24) is 0 Å². The zero-order valence-corrected chi connectivity index (χ0v) is 55.5. The van der Waals surface area contributed by atoms with Gasteiger partial charge in [0.2, 0.25) is 0 Å². The molecule has 0 amide bonds. The molecule has 0 saturated heterocycles. The third-order valence-electron chi connectivity index (χ3n) is 16.9. The number of esters is 3. The maximum absolute atomic E-state index is 12.9. The van der Waals surface area contributed by atoms with Gasteiger partial charge in [-0.25, -0.2) is 0 Å². The maximum Gasteiger partial charge on any atom is 0.306 e. The van der Waals surface area contributed by atoms with Crippen LogP contribution < -0.4 is 0 Å². The lowest BCUT2D eigenvalue weighted by atomic mass is 10.0. The second-order valence-corrected chi connectivity index (χ2v) is 25.2. The number of allylic oxidation sites excluding steroid dienone is 6. The summed E-state index contributed by atoms with van der Waals surface area (Å²) in [5.41, 5.74) is 0. The number of carbonyl (C=O) groups excluding carboxylic acids is 3. The Balaban J connectivity index is 4.08. The van der Waals surface area contributed by atoms with Gasteiger partial charge in [-0.15, -0.1) is 0 Å². The van der Waals surface area contributed by atoms with E-state index in [9.17, 15) is 14.4 Å². The van der Waals surface area contributed by atoms with Crippen LogP contribution in [0, 0.1) is 0 Å². The summed E-state index contributed by atoms with van der Waals surface area (Å²) in [4.78, 5) is 38.3. The largest absolute Gasteiger partial charge is 0.462 e. The molecule has 0 aliphatic rings. The fourth-order valence-corrected chi connectivity index (χ4v) is 11.3. The highest BCUT2D eigenvalue weighted by molar-refractivity contribution is 5.71. The maximum atomic E-state index is 12.9. The topological polar surface area (TPSA) is 78.9 Å². The Kier molecular flexibility index (Phi) is 69.1. The molecule has 0 bridgehead atoms. The molecule has 0 spiro atoms. The molecule has 82 heavy (non-hydrogen) atoms. The van der Waals surface area contributed by atoms with E-state index in [2.05, 4.69) is 57.2 Å². The molecule has 482 valence electrons. The molecule has 0 rings (SSSR count). The molecule has 6 heteroatoms. The predicted octanol–water partition coefficient (Wildman–Crippen LogP) is 25.5. The van der Waals surface area contributed by atoms with Crippen molar-refractivity contribution < 1.29 is 28.6 Å². The lowest BCUT2D eigenvalue weighted by Crippen LogP contribution is -2.30. The molecule has 0 aromatic carbocycles. The quantitative estimate of drug-likeness (QED) is 0.0261. The molecule has 0 aromatic heterocycles.